The number of ketones is 1. The molecule has 3 nitrogen and oxygen atoms in total. The fourth-order valence-corrected chi connectivity index (χ4v) is 3.98. The van der Waals surface area contributed by atoms with E-state index in [0.29, 0.717) is 6.42 Å². The highest BCUT2D eigenvalue weighted by Crippen LogP contribution is 2.37. The zero-order chi connectivity index (χ0) is 14.8. The summed E-state index contributed by atoms with van der Waals surface area (Å²) in [4.78, 5) is 15.4. The molecule has 0 bridgehead atoms. The van der Waals surface area contributed by atoms with Crippen molar-refractivity contribution < 1.29 is 9.90 Å². The minimum Gasteiger partial charge on any atom is -0.393 e. The smallest absolute Gasteiger partial charge is 0.186 e. The van der Waals surface area contributed by atoms with E-state index in [2.05, 4.69) is 23.2 Å². The molecule has 5 rings (SSSR count). The molecule has 0 aliphatic heterocycles. The minimum absolute atomic E-state index is 0.0866. The van der Waals surface area contributed by atoms with Gasteiger partial charge in [-0.25, -0.2) is 0 Å². The fourth-order valence-electron chi connectivity index (χ4n) is 3.98. The number of fused-ring (bicyclic) bond motifs is 7. The van der Waals surface area contributed by atoms with Gasteiger partial charge < -0.3 is 10.1 Å². The molecule has 2 aliphatic carbocycles. The molecule has 1 unspecified atom stereocenters. The monoisotopic (exact) mass is 289 g/mol. The van der Waals surface area contributed by atoms with E-state index in [1.165, 1.54) is 22.0 Å². The van der Waals surface area contributed by atoms with Gasteiger partial charge in [-0.1, -0.05) is 12.1 Å². The van der Waals surface area contributed by atoms with Crippen LogP contribution >= 0.6 is 0 Å². The molecule has 108 valence electrons. The highest BCUT2D eigenvalue weighted by atomic mass is 16.3. The second-order valence-electron chi connectivity index (χ2n) is 6.29. The Morgan fingerprint density at radius 1 is 1.09 bits per heavy atom. The van der Waals surface area contributed by atoms with Gasteiger partial charge in [-0.3, -0.25) is 4.79 Å². The van der Waals surface area contributed by atoms with Gasteiger partial charge in [-0.2, -0.15) is 0 Å². The van der Waals surface area contributed by atoms with Crippen LogP contribution in [0.1, 0.15) is 33.6 Å². The Morgan fingerprint density at radius 3 is 2.86 bits per heavy atom. The van der Waals surface area contributed by atoms with Crippen molar-refractivity contribution in [3.05, 3.63) is 52.7 Å². The molecule has 0 amide bonds. The van der Waals surface area contributed by atoms with Crippen LogP contribution in [0.2, 0.25) is 0 Å². The molecule has 0 fully saturated rings. The van der Waals surface area contributed by atoms with E-state index in [0.717, 1.165) is 34.9 Å². The summed E-state index contributed by atoms with van der Waals surface area (Å²) >= 11 is 0. The van der Waals surface area contributed by atoms with Crippen molar-refractivity contribution in [1.82, 2.24) is 4.98 Å². The molecule has 2 N–H and O–H groups in total. The molecule has 0 spiro atoms. The molecule has 3 heteroatoms. The van der Waals surface area contributed by atoms with Crippen LogP contribution in [-0.2, 0) is 12.8 Å². The van der Waals surface area contributed by atoms with Crippen LogP contribution in [0.25, 0.3) is 27.8 Å². The van der Waals surface area contributed by atoms with E-state index in [-0.39, 0.29) is 11.9 Å². The third-order valence-corrected chi connectivity index (χ3v) is 5.03. The van der Waals surface area contributed by atoms with Crippen molar-refractivity contribution in [3.63, 3.8) is 0 Å². The van der Waals surface area contributed by atoms with Crippen LogP contribution in [-0.4, -0.2) is 22.0 Å². The van der Waals surface area contributed by atoms with Crippen molar-refractivity contribution in [1.29, 1.82) is 0 Å². The average Bonchev–Trinajstić information content (AvgIpc) is 3.08. The van der Waals surface area contributed by atoms with E-state index in [1.54, 1.807) is 6.08 Å². The van der Waals surface area contributed by atoms with Gasteiger partial charge in [-0.15, -0.1) is 0 Å². The maximum atomic E-state index is 11.9. The lowest BCUT2D eigenvalue weighted by Gasteiger charge is -2.17. The second-order valence-corrected chi connectivity index (χ2v) is 6.29. The molecule has 1 heterocycles. The highest BCUT2D eigenvalue weighted by Gasteiger charge is 2.23. The zero-order valence-electron chi connectivity index (χ0n) is 12.0. The highest BCUT2D eigenvalue weighted by molar-refractivity contribution is 6.20. The first-order chi connectivity index (χ1) is 10.7. The number of aliphatic hydroxyl groups excluding tert-OH is 1. The van der Waals surface area contributed by atoms with E-state index in [9.17, 15) is 9.90 Å². The maximum Gasteiger partial charge on any atom is 0.186 e. The summed E-state index contributed by atoms with van der Waals surface area (Å²) < 4.78 is 0. The number of hydrogen-bond donors (Lipinski definition) is 2. The van der Waals surface area contributed by atoms with E-state index in [1.807, 2.05) is 12.1 Å². The van der Waals surface area contributed by atoms with Gasteiger partial charge in [-0.05, 0) is 59.0 Å². The minimum atomic E-state index is -0.252. The second kappa shape index (κ2) is 4.08. The molecular formula is C19H15NO2. The third kappa shape index (κ3) is 1.46. The molecule has 2 aliphatic rings. The molecular weight excluding hydrogens is 274 g/mol. The first-order valence-corrected chi connectivity index (χ1v) is 7.72. The van der Waals surface area contributed by atoms with Gasteiger partial charge in [0.1, 0.15) is 0 Å². The zero-order valence-corrected chi connectivity index (χ0v) is 12.0. The number of nitrogens with one attached hydrogen (secondary N) is 1. The van der Waals surface area contributed by atoms with E-state index >= 15 is 0 Å². The van der Waals surface area contributed by atoms with Crippen LogP contribution in [0.5, 0.6) is 0 Å². The van der Waals surface area contributed by atoms with Gasteiger partial charge >= 0.3 is 0 Å². The summed E-state index contributed by atoms with van der Waals surface area (Å²) in [6.07, 6.45) is 5.74. The summed E-state index contributed by atoms with van der Waals surface area (Å²) in [6.45, 7) is 0. The molecule has 0 saturated heterocycles. The Hall–Kier alpha value is -2.39. The number of hydrogen-bond acceptors (Lipinski definition) is 2. The fraction of sp³-hybridized carbons (Fsp3) is 0.211. The van der Waals surface area contributed by atoms with Crippen molar-refractivity contribution in [3.8, 4) is 0 Å². The molecule has 1 atom stereocenters. The lowest BCUT2D eigenvalue weighted by atomic mass is 9.90. The Labute approximate surface area is 127 Å². The first kappa shape index (κ1) is 12.2. The number of carbonyl (C=O) groups excluding carboxylic acids is 1. The van der Waals surface area contributed by atoms with Crippen molar-refractivity contribution in [2.75, 3.05) is 0 Å². The predicted octanol–water partition coefficient (Wildman–Crippen LogP) is 3.38. The summed E-state index contributed by atoms with van der Waals surface area (Å²) in [5, 5.41) is 13.5. The van der Waals surface area contributed by atoms with Crippen LogP contribution in [0.4, 0.5) is 0 Å². The van der Waals surface area contributed by atoms with Gasteiger partial charge in [0, 0.05) is 28.6 Å². The van der Waals surface area contributed by atoms with Crippen molar-refractivity contribution in [2.24, 2.45) is 0 Å². The molecule has 0 radical (unpaired) electrons. The average molecular weight is 289 g/mol. The van der Waals surface area contributed by atoms with Gasteiger partial charge in [0.05, 0.1) is 6.10 Å². The Kier molecular flexibility index (Phi) is 2.26. The van der Waals surface area contributed by atoms with Gasteiger partial charge in [0.2, 0.25) is 0 Å². The number of allylic oxidation sites excluding steroid dienone is 1. The molecule has 3 aromatic rings. The number of H-pyrrole nitrogens is 1. The lowest BCUT2D eigenvalue weighted by molar-refractivity contribution is 0.105. The Balaban J connectivity index is 1.91. The summed E-state index contributed by atoms with van der Waals surface area (Å²) in [5.41, 5.74) is 5.43. The van der Waals surface area contributed by atoms with E-state index < -0.39 is 0 Å². The Morgan fingerprint density at radius 2 is 1.95 bits per heavy atom. The quantitative estimate of drug-likeness (QED) is 0.666. The largest absolute Gasteiger partial charge is 0.393 e. The number of carbonyl (C=O) groups is 1. The topological polar surface area (TPSA) is 53.1 Å². The predicted molar refractivity (Wildman–Crippen MR) is 87.2 cm³/mol. The number of rotatable bonds is 0. The van der Waals surface area contributed by atoms with Crippen LogP contribution < -0.4 is 0 Å². The van der Waals surface area contributed by atoms with Crippen LogP contribution in [0.3, 0.4) is 0 Å². The number of aryl methyl sites for hydroxylation is 1. The van der Waals surface area contributed by atoms with E-state index in [4.69, 9.17) is 0 Å². The standard InChI is InChI=1S/C19H15NO2/c21-10-1-6-16-15(9-10)19-14-3-2-13-11(5-8-18(13)22)12(14)4-7-17(19)20-16/h2-5,7-8,10,20-21H,1,6,9H2. The van der Waals surface area contributed by atoms with Crippen molar-refractivity contribution >= 4 is 33.5 Å². The Bertz CT molecular complexity index is 994. The normalized spacial score (nSPS) is 19.9. The number of aromatic nitrogens is 1. The van der Waals surface area contributed by atoms with Crippen LogP contribution in [0.15, 0.2) is 30.3 Å². The third-order valence-electron chi connectivity index (χ3n) is 5.03. The lowest BCUT2D eigenvalue weighted by Crippen LogP contribution is -2.17. The molecule has 2 aromatic carbocycles. The number of benzene rings is 2. The molecule has 0 saturated carbocycles. The number of aliphatic hydroxyl groups is 1. The first-order valence-electron chi connectivity index (χ1n) is 7.72. The molecule has 22 heavy (non-hydrogen) atoms. The summed E-state index contributed by atoms with van der Waals surface area (Å²) in [6, 6.07) is 8.17. The van der Waals surface area contributed by atoms with Gasteiger partial charge in [0.15, 0.2) is 5.78 Å². The van der Waals surface area contributed by atoms with Gasteiger partial charge in [0.25, 0.3) is 0 Å². The maximum absolute atomic E-state index is 11.9. The van der Waals surface area contributed by atoms with Crippen LogP contribution in [0, 0.1) is 0 Å². The van der Waals surface area contributed by atoms with Crippen molar-refractivity contribution in [2.45, 2.75) is 25.4 Å². The SMILES string of the molecule is O=C1C=Cc2c1ccc1c2ccc2[nH]c3c(c21)CC(O)CC3. The summed E-state index contributed by atoms with van der Waals surface area (Å²) in [7, 11) is 0. The number of aromatic amines is 1. The summed E-state index contributed by atoms with van der Waals surface area (Å²) in [5.74, 6) is 0.0866. The molecule has 1 aromatic heterocycles.